The lowest BCUT2D eigenvalue weighted by atomic mass is 10.3. The van der Waals surface area contributed by atoms with Gasteiger partial charge in [-0.2, -0.15) is 0 Å². The van der Waals surface area contributed by atoms with Gasteiger partial charge < -0.3 is 4.90 Å². The van der Waals surface area contributed by atoms with Gasteiger partial charge in [-0.05, 0) is 45.3 Å². The molecular weight excluding hydrogens is 195 g/mol. The molecule has 0 atom stereocenters. The first kappa shape index (κ1) is 11.0. The molecule has 1 fully saturated rings. The third kappa shape index (κ3) is 5.31. The Hall–Kier alpha value is -0.0331. The molecule has 5 heteroatoms. The second-order valence-electron chi connectivity index (χ2n) is 3.62. The maximum absolute atomic E-state index is 11.9. The van der Waals surface area contributed by atoms with E-state index in [0.717, 1.165) is 19.6 Å². The lowest BCUT2D eigenvalue weighted by Crippen LogP contribution is -2.21. The van der Waals surface area contributed by atoms with Crippen molar-refractivity contribution < 1.29 is 12.3 Å². The third-order valence-corrected chi connectivity index (χ3v) is 3.30. The Morgan fingerprint density at radius 2 is 1.62 bits per heavy atom. The lowest BCUT2D eigenvalue weighted by molar-refractivity contribution is 0.330. The summed E-state index contributed by atoms with van der Waals surface area (Å²) in [6.07, 6.45) is 3.49. The summed E-state index contributed by atoms with van der Waals surface area (Å²) < 4.78 is 35.6. The van der Waals surface area contributed by atoms with Gasteiger partial charge in [0.2, 0.25) is 0 Å². The van der Waals surface area contributed by atoms with E-state index in [1.54, 1.807) is 0 Å². The summed E-state index contributed by atoms with van der Waals surface area (Å²) in [5, 5.41) is 0. The van der Waals surface area contributed by atoms with Crippen LogP contribution in [-0.4, -0.2) is 33.6 Å². The number of rotatable bonds is 5. The highest BCUT2D eigenvalue weighted by atomic mass is 28.5. The lowest BCUT2D eigenvalue weighted by Gasteiger charge is -2.13. The highest BCUT2D eigenvalue weighted by molar-refractivity contribution is 6.58. The first-order chi connectivity index (χ1) is 6.08. The Morgan fingerprint density at radius 3 is 2.15 bits per heavy atom. The molecule has 78 valence electrons. The van der Waals surface area contributed by atoms with E-state index in [4.69, 9.17) is 0 Å². The standard InChI is InChI=1S/C8H16F3NSi/c9-13(10,11)8-4-3-7-12-5-1-2-6-12/h1-8H2. The molecule has 0 aromatic heterocycles. The van der Waals surface area contributed by atoms with Gasteiger partial charge >= 0.3 is 9.08 Å². The molecule has 1 aliphatic rings. The van der Waals surface area contributed by atoms with Crippen LogP contribution in [-0.2, 0) is 0 Å². The summed E-state index contributed by atoms with van der Waals surface area (Å²) in [6.45, 7) is 3.04. The molecule has 0 aliphatic carbocycles. The van der Waals surface area contributed by atoms with Crippen LogP contribution in [0.15, 0.2) is 0 Å². The molecule has 1 aliphatic heterocycles. The molecule has 0 radical (unpaired) electrons. The van der Waals surface area contributed by atoms with E-state index < -0.39 is 15.1 Å². The van der Waals surface area contributed by atoms with Gasteiger partial charge in [0.25, 0.3) is 0 Å². The van der Waals surface area contributed by atoms with Crippen molar-refractivity contribution in [3.63, 3.8) is 0 Å². The fraction of sp³-hybridized carbons (Fsp3) is 1.00. The van der Waals surface area contributed by atoms with E-state index in [2.05, 4.69) is 4.90 Å². The topological polar surface area (TPSA) is 3.24 Å². The largest absolute Gasteiger partial charge is 0.616 e. The van der Waals surface area contributed by atoms with E-state index in [-0.39, 0.29) is 0 Å². The van der Waals surface area contributed by atoms with E-state index in [9.17, 15) is 12.3 Å². The Kier molecular flexibility index (Phi) is 4.25. The second kappa shape index (κ2) is 5.00. The van der Waals surface area contributed by atoms with Crippen LogP contribution in [0.25, 0.3) is 0 Å². The Morgan fingerprint density at radius 1 is 1.00 bits per heavy atom. The quantitative estimate of drug-likeness (QED) is 0.384. The summed E-state index contributed by atoms with van der Waals surface area (Å²) >= 11 is 0. The van der Waals surface area contributed by atoms with Crippen LogP contribution in [0.4, 0.5) is 12.3 Å². The van der Waals surface area contributed by atoms with Gasteiger partial charge in [0.15, 0.2) is 0 Å². The zero-order valence-electron chi connectivity index (χ0n) is 7.74. The molecule has 13 heavy (non-hydrogen) atoms. The predicted molar refractivity (Wildman–Crippen MR) is 48.8 cm³/mol. The SMILES string of the molecule is F[Si](F)(F)CCCCN1CCCC1. The zero-order valence-corrected chi connectivity index (χ0v) is 8.74. The molecule has 0 aromatic rings. The van der Waals surface area contributed by atoms with Crippen molar-refractivity contribution in [1.82, 2.24) is 4.90 Å². The Bertz CT molecular complexity index is 143. The minimum absolute atomic E-state index is 0.340. The predicted octanol–water partition coefficient (Wildman–Crippen LogP) is 2.71. The highest BCUT2D eigenvalue weighted by Gasteiger charge is 2.35. The molecule has 1 heterocycles. The van der Waals surface area contributed by atoms with Crippen LogP contribution < -0.4 is 0 Å². The molecule has 0 unspecified atom stereocenters. The molecule has 0 aromatic carbocycles. The monoisotopic (exact) mass is 211 g/mol. The smallest absolute Gasteiger partial charge is 0.303 e. The van der Waals surface area contributed by atoms with Crippen molar-refractivity contribution in [2.45, 2.75) is 31.7 Å². The zero-order chi connectivity index (χ0) is 9.73. The number of halogens is 3. The van der Waals surface area contributed by atoms with Gasteiger partial charge in [0.05, 0.1) is 0 Å². The number of hydrogen-bond acceptors (Lipinski definition) is 1. The average Bonchev–Trinajstić information content (AvgIpc) is 2.48. The number of nitrogens with zero attached hydrogens (tertiary/aromatic N) is 1. The average molecular weight is 211 g/mol. The van der Waals surface area contributed by atoms with Gasteiger partial charge in [0, 0.05) is 6.04 Å². The second-order valence-corrected chi connectivity index (χ2v) is 5.35. The van der Waals surface area contributed by atoms with E-state index in [1.807, 2.05) is 0 Å². The van der Waals surface area contributed by atoms with Gasteiger partial charge in [-0.1, -0.05) is 0 Å². The van der Waals surface area contributed by atoms with E-state index in [1.165, 1.54) is 12.8 Å². The molecule has 0 N–H and O–H groups in total. The summed E-state index contributed by atoms with van der Waals surface area (Å²) in [5.74, 6) is 0. The summed E-state index contributed by atoms with van der Waals surface area (Å²) in [7, 11) is -5.25. The van der Waals surface area contributed by atoms with Crippen LogP contribution in [0.1, 0.15) is 25.7 Å². The number of hydrogen-bond donors (Lipinski definition) is 0. The minimum Gasteiger partial charge on any atom is -0.303 e. The number of unbranched alkanes of at least 4 members (excludes halogenated alkanes) is 1. The minimum atomic E-state index is -5.25. The van der Waals surface area contributed by atoms with Crippen molar-refractivity contribution in [1.29, 1.82) is 0 Å². The van der Waals surface area contributed by atoms with Crippen LogP contribution in [0.2, 0.25) is 6.04 Å². The Labute approximate surface area is 78.4 Å². The van der Waals surface area contributed by atoms with Crippen LogP contribution >= 0.6 is 0 Å². The number of likely N-dealkylation sites (tertiary alicyclic amines) is 1. The van der Waals surface area contributed by atoms with E-state index in [0.29, 0.717) is 12.8 Å². The van der Waals surface area contributed by atoms with Crippen LogP contribution in [0.5, 0.6) is 0 Å². The molecule has 0 bridgehead atoms. The summed E-state index contributed by atoms with van der Waals surface area (Å²) in [4.78, 5) is 2.26. The summed E-state index contributed by atoms with van der Waals surface area (Å²) in [6, 6.07) is -0.485. The van der Waals surface area contributed by atoms with Gasteiger partial charge in [-0.25, -0.2) is 12.3 Å². The molecule has 0 amide bonds. The van der Waals surface area contributed by atoms with Crippen molar-refractivity contribution in [3.05, 3.63) is 0 Å². The van der Waals surface area contributed by atoms with Crippen molar-refractivity contribution in [2.75, 3.05) is 19.6 Å². The highest BCUT2D eigenvalue weighted by Crippen LogP contribution is 2.18. The van der Waals surface area contributed by atoms with Gasteiger partial charge in [-0.15, -0.1) is 0 Å². The molecule has 1 rings (SSSR count). The Balaban J connectivity index is 1.94. The van der Waals surface area contributed by atoms with E-state index >= 15 is 0 Å². The molecule has 1 nitrogen and oxygen atoms in total. The molecule has 1 saturated heterocycles. The first-order valence-electron chi connectivity index (χ1n) is 4.87. The summed E-state index contributed by atoms with van der Waals surface area (Å²) in [5.41, 5.74) is 0. The van der Waals surface area contributed by atoms with Crippen LogP contribution in [0.3, 0.4) is 0 Å². The maximum atomic E-state index is 11.9. The fourth-order valence-electron chi connectivity index (χ4n) is 1.67. The first-order valence-corrected chi connectivity index (χ1v) is 6.71. The van der Waals surface area contributed by atoms with Crippen molar-refractivity contribution in [2.24, 2.45) is 0 Å². The maximum Gasteiger partial charge on any atom is 0.616 e. The van der Waals surface area contributed by atoms with Gasteiger partial charge in [-0.3, -0.25) is 0 Å². The normalized spacial score (nSPS) is 19.6. The van der Waals surface area contributed by atoms with Crippen molar-refractivity contribution >= 4 is 9.08 Å². The van der Waals surface area contributed by atoms with Crippen molar-refractivity contribution in [3.8, 4) is 0 Å². The fourth-order valence-corrected chi connectivity index (χ4v) is 2.32. The molecule has 0 spiro atoms. The van der Waals surface area contributed by atoms with Crippen LogP contribution in [0, 0.1) is 0 Å². The third-order valence-electron chi connectivity index (χ3n) is 2.38. The van der Waals surface area contributed by atoms with Gasteiger partial charge in [0.1, 0.15) is 0 Å². The molecular formula is C8H16F3NSi. The molecule has 0 saturated carbocycles.